The summed E-state index contributed by atoms with van der Waals surface area (Å²) in [6.07, 6.45) is 1.99. The molecule has 1 heterocycles. The summed E-state index contributed by atoms with van der Waals surface area (Å²) in [5.74, 6) is 0.603. The molecule has 1 aromatic rings. The molecule has 1 aliphatic heterocycles. The summed E-state index contributed by atoms with van der Waals surface area (Å²) in [4.78, 5) is 13.7. The van der Waals surface area contributed by atoms with Gasteiger partial charge in [-0.1, -0.05) is 30.3 Å². The average molecular weight is 249 g/mol. The van der Waals surface area contributed by atoms with Crippen LogP contribution in [-0.4, -0.2) is 30.6 Å². The zero-order valence-electron chi connectivity index (χ0n) is 10.7. The van der Waals surface area contributed by atoms with E-state index in [-0.39, 0.29) is 6.09 Å². The van der Waals surface area contributed by atoms with Crippen molar-refractivity contribution in [1.82, 2.24) is 4.90 Å². The van der Waals surface area contributed by atoms with Crippen LogP contribution in [0.3, 0.4) is 0 Å². The van der Waals surface area contributed by atoms with Crippen molar-refractivity contribution in [2.24, 2.45) is 5.92 Å². The van der Waals surface area contributed by atoms with E-state index in [4.69, 9.17) is 4.74 Å². The molecule has 4 heteroatoms. The molecule has 0 bridgehead atoms. The fourth-order valence-corrected chi connectivity index (χ4v) is 2.33. The molecule has 0 unspecified atom stereocenters. The highest BCUT2D eigenvalue weighted by molar-refractivity contribution is 5.68. The Morgan fingerprint density at radius 2 is 2.17 bits per heavy atom. The van der Waals surface area contributed by atoms with E-state index in [1.54, 1.807) is 0 Å². The molecule has 1 saturated heterocycles. The van der Waals surface area contributed by atoms with Gasteiger partial charge in [0.2, 0.25) is 0 Å². The van der Waals surface area contributed by atoms with Crippen LogP contribution >= 0.6 is 0 Å². The topological polar surface area (TPSA) is 57.2 Å². The fraction of sp³-hybridized carbons (Fsp3) is 0.500. The van der Waals surface area contributed by atoms with Crippen LogP contribution in [-0.2, 0) is 11.3 Å². The van der Waals surface area contributed by atoms with Gasteiger partial charge in [0.25, 0.3) is 0 Å². The van der Waals surface area contributed by atoms with Gasteiger partial charge in [0.15, 0.2) is 0 Å². The Morgan fingerprint density at radius 1 is 1.39 bits per heavy atom. The molecule has 0 aromatic heterocycles. The van der Waals surface area contributed by atoms with Crippen molar-refractivity contribution in [3.8, 4) is 0 Å². The molecule has 1 amide bonds. The van der Waals surface area contributed by atoms with Crippen molar-refractivity contribution >= 4 is 6.09 Å². The van der Waals surface area contributed by atoms with E-state index < -0.39 is 0 Å². The summed E-state index contributed by atoms with van der Waals surface area (Å²) < 4.78 is 5.31. The number of amides is 1. The number of hydrogen-bond donors (Lipinski definition) is 1. The Morgan fingerprint density at radius 3 is 2.89 bits per heavy atom. The minimum absolute atomic E-state index is 0.189. The van der Waals surface area contributed by atoms with Crippen LogP contribution in [0.2, 0.25) is 0 Å². The van der Waals surface area contributed by atoms with Gasteiger partial charge in [-0.15, -0.1) is 0 Å². The van der Waals surface area contributed by atoms with Crippen molar-refractivity contribution in [3.63, 3.8) is 0 Å². The van der Waals surface area contributed by atoms with E-state index in [1.165, 1.54) is 0 Å². The van der Waals surface area contributed by atoms with Gasteiger partial charge in [-0.3, -0.25) is 0 Å². The van der Waals surface area contributed by atoms with Crippen LogP contribution in [0, 0.1) is 5.92 Å². The van der Waals surface area contributed by atoms with Gasteiger partial charge >= 0.3 is 6.09 Å². The lowest BCUT2D eigenvalue weighted by molar-refractivity contribution is -0.370. The third-order valence-corrected chi connectivity index (χ3v) is 3.36. The first-order valence-corrected chi connectivity index (χ1v) is 6.54. The van der Waals surface area contributed by atoms with Crippen LogP contribution in [0.4, 0.5) is 4.79 Å². The highest BCUT2D eigenvalue weighted by atomic mass is 16.6. The molecule has 1 atom stereocenters. The molecule has 4 nitrogen and oxygen atoms in total. The second kappa shape index (κ2) is 6.40. The van der Waals surface area contributed by atoms with Crippen LogP contribution in [0.5, 0.6) is 0 Å². The maximum Gasteiger partial charge on any atom is 0.410 e. The molecule has 3 N–H and O–H groups in total. The van der Waals surface area contributed by atoms with Crippen LogP contribution < -0.4 is 5.73 Å². The summed E-state index contributed by atoms with van der Waals surface area (Å²) >= 11 is 0. The third kappa shape index (κ3) is 3.47. The van der Waals surface area contributed by atoms with Crippen molar-refractivity contribution in [2.45, 2.75) is 19.4 Å². The minimum Gasteiger partial charge on any atom is -0.445 e. The average Bonchev–Trinajstić information content (AvgIpc) is 2.86. The number of nitrogens with zero attached hydrogens (tertiary/aromatic N) is 1. The Bertz CT molecular complexity index is 381. The third-order valence-electron chi connectivity index (χ3n) is 3.36. The van der Waals surface area contributed by atoms with E-state index >= 15 is 0 Å². The zero-order valence-corrected chi connectivity index (χ0v) is 10.7. The van der Waals surface area contributed by atoms with Crippen molar-refractivity contribution in [3.05, 3.63) is 35.9 Å². The van der Waals surface area contributed by atoms with Crippen molar-refractivity contribution in [2.75, 3.05) is 19.6 Å². The summed E-state index contributed by atoms with van der Waals surface area (Å²) in [6, 6.07) is 9.77. The normalized spacial score (nSPS) is 18.9. The minimum atomic E-state index is -0.189. The molecule has 2 rings (SSSR count). The van der Waals surface area contributed by atoms with Crippen LogP contribution in [0.15, 0.2) is 30.3 Å². The monoisotopic (exact) mass is 249 g/mol. The quantitative estimate of drug-likeness (QED) is 0.874. The molecule has 1 aromatic carbocycles. The number of rotatable bonds is 4. The Kier molecular flexibility index (Phi) is 4.59. The molecule has 0 radical (unpaired) electrons. The van der Waals surface area contributed by atoms with Crippen LogP contribution in [0.25, 0.3) is 0 Å². The highest BCUT2D eigenvalue weighted by Gasteiger charge is 2.26. The van der Waals surface area contributed by atoms with Crippen LogP contribution in [0.1, 0.15) is 18.4 Å². The van der Waals surface area contributed by atoms with Gasteiger partial charge in [-0.2, -0.15) is 0 Å². The SMILES string of the molecule is [NH3+]CC[C@H]1CCN(C(=O)OCc2ccccc2)C1. The number of ether oxygens (including phenoxy) is 1. The second-order valence-electron chi connectivity index (χ2n) is 4.78. The predicted molar refractivity (Wildman–Crippen MR) is 68.7 cm³/mol. The Balaban J connectivity index is 1.76. The lowest BCUT2D eigenvalue weighted by atomic mass is 10.1. The molecule has 98 valence electrons. The summed E-state index contributed by atoms with van der Waals surface area (Å²) in [5.41, 5.74) is 4.89. The van der Waals surface area contributed by atoms with Crippen molar-refractivity contribution < 1.29 is 15.3 Å². The number of carbonyl (C=O) groups excluding carboxylic acids is 1. The lowest BCUT2D eigenvalue weighted by Crippen LogP contribution is -2.51. The first-order chi connectivity index (χ1) is 8.79. The van der Waals surface area contributed by atoms with E-state index in [9.17, 15) is 4.79 Å². The number of benzene rings is 1. The van der Waals surface area contributed by atoms with E-state index in [2.05, 4.69) is 5.73 Å². The zero-order chi connectivity index (χ0) is 12.8. The first kappa shape index (κ1) is 12.9. The largest absolute Gasteiger partial charge is 0.445 e. The summed E-state index contributed by atoms with van der Waals surface area (Å²) in [7, 11) is 0. The molecular weight excluding hydrogens is 228 g/mol. The molecule has 1 fully saturated rings. The standard InChI is InChI=1S/C14H20N2O2/c15-8-6-12-7-9-16(10-12)14(17)18-11-13-4-2-1-3-5-13/h1-5,12H,6-11,15H2/p+1/t12-/m0/s1. The number of quaternary nitrogens is 1. The van der Waals surface area contributed by atoms with E-state index in [0.717, 1.165) is 38.0 Å². The number of carbonyl (C=O) groups is 1. The number of hydrogen-bond acceptors (Lipinski definition) is 2. The molecule has 18 heavy (non-hydrogen) atoms. The maximum absolute atomic E-state index is 11.9. The highest BCUT2D eigenvalue weighted by Crippen LogP contribution is 2.19. The van der Waals surface area contributed by atoms with Crippen molar-refractivity contribution in [1.29, 1.82) is 0 Å². The molecule has 1 aliphatic rings. The fourth-order valence-electron chi connectivity index (χ4n) is 2.33. The van der Waals surface area contributed by atoms with E-state index in [1.807, 2.05) is 35.2 Å². The smallest absolute Gasteiger partial charge is 0.410 e. The summed E-state index contributed by atoms with van der Waals surface area (Å²) in [5, 5.41) is 0. The molecule has 0 spiro atoms. The molecule has 0 saturated carbocycles. The van der Waals surface area contributed by atoms with Gasteiger partial charge in [0.1, 0.15) is 6.61 Å². The van der Waals surface area contributed by atoms with Gasteiger partial charge < -0.3 is 15.4 Å². The molecule has 0 aliphatic carbocycles. The Labute approximate surface area is 108 Å². The van der Waals surface area contributed by atoms with Gasteiger partial charge in [-0.05, 0) is 17.9 Å². The lowest BCUT2D eigenvalue weighted by Gasteiger charge is -2.16. The van der Waals surface area contributed by atoms with Gasteiger partial charge in [0, 0.05) is 19.5 Å². The first-order valence-electron chi connectivity index (χ1n) is 6.54. The molecular formula is C14H21N2O2+. The number of likely N-dealkylation sites (tertiary alicyclic amines) is 1. The summed E-state index contributed by atoms with van der Waals surface area (Å²) in [6.45, 7) is 2.94. The maximum atomic E-state index is 11.9. The van der Waals surface area contributed by atoms with Gasteiger partial charge in [-0.25, -0.2) is 4.79 Å². The second-order valence-corrected chi connectivity index (χ2v) is 4.78. The Hall–Kier alpha value is -1.55. The predicted octanol–water partition coefficient (Wildman–Crippen LogP) is 1.28. The van der Waals surface area contributed by atoms with E-state index in [0.29, 0.717) is 12.5 Å². The van der Waals surface area contributed by atoms with Gasteiger partial charge in [0.05, 0.1) is 6.54 Å².